The van der Waals surface area contributed by atoms with Gasteiger partial charge in [-0.2, -0.15) is 5.26 Å². The van der Waals surface area contributed by atoms with Crippen LogP contribution >= 0.6 is 11.3 Å². The van der Waals surface area contributed by atoms with Crippen LogP contribution in [-0.4, -0.2) is 19.1 Å². The van der Waals surface area contributed by atoms with Crippen molar-refractivity contribution in [1.82, 2.24) is 4.98 Å². The summed E-state index contributed by atoms with van der Waals surface area (Å²) in [6.45, 7) is 0. The van der Waals surface area contributed by atoms with Gasteiger partial charge in [-0.1, -0.05) is 17.4 Å². The first-order chi connectivity index (χ1) is 8.19. The van der Waals surface area contributed by atoms with Crippen LogP contribution < -0.4 is 14.8 Å². The minimum Gasteiger partial charge on any atom is -0.354 e. The molecule has 17 heavy (non-hydrogen) atoms. The zero-order chi connectivity index (χ0) is 12.0. The Morgan fingerprint density at radius 2 is 2.24 bits per heavy atom. The summed E-state index contributed by atoms with van der Waals surface area (Å²) in [5.74, 6) is 0. The summed E-state index contributed by atoms with van der Waals surface area (Å²) < 4.78 is 1.21. The molecule has 0 aliphatic heterocycles. The van der Waals surface area contributed by atoms with E-state index in [1.807, 2.05) is 31.1 Å². The van der Waals surface area contributed by atoms with Gasteiger partial charge in [-0.15, -0.1) is 0 Å². The topological polar surface area (TPSA) is 39.9 Å². The number of nitrogens with zero attached hydrogens (tertiary/aromatic N) is 3. The summed E-state index contributed by atoms with van der Waals surface area (Å²) in [4.78, 5) is 6.68. The minimum absolute atomic E-state index is 0.753. The van der Waals surface area contributed by atoms with Crippen molar-refractivity contribution in [2.24, 2.45) is 0 Å². The molecule has 0 atom stereocenters. The molecule has 0 saturated carbocycles. The zero-order valence-corrected chi connectivity index (χ0v) is 10.5. The largest absolute Gasteiger partial charge is 0.354 e. The summed E-state index contributed by atoms with van der Waals surface area (Å²) >= 11 is 1.70. The van der Waals surface area contributed by atoms with Crippen LogP contribution in [0.2, 0.25) is 0 Å². The Morgan fingerprint density at radius 1 is 1.41 bits per heavy atom. The maximum atomic E-state index is 8.89. The highest BCUT2D eigenvalue weighted by atomic mass is 32.1. The van der Waals surface area contributed by atoms with Crippen LogP contribution in [0, 0.1) is 11.3 Å². The smallest absolute Gasteiger partial charge is 0.185 e. The Kier molecular flexibility index (Phi) is 2.17. The predicted octanol–water partition coefficient (Wildman–Crippen LogP) is 0.934. The van der Waals surface area contributed by atoms with E-state index in [2.05, 4.69) is 17.1 Å². The lowest BCUT2D eigenvalue weighted by Crippen LogP contribution is -2.20. The number of anilines is 1. The Bertz CT molecular complexity index is 711. The summed E-state index contributed by atoms with van der Waals surface area (Å²) in [6, 6.07) is 2.19. The van der Waals surface area contributed by atoms with E-state index in [4.69, 9.17) is 5.26 Å². The summed E-state index contributed by atoms with van der Waals surface area (Å²) in [5, 5.41) is 11.0. The Morgan fingerprint density at radius 3 is 2.94 bits per heavy atom. The van der Waals surface area contributed by atoms with Crippen molar-refractivity contribution in [2.45, 2.75) is 6.42 Å². The highest BCUT2D eigenvalue weighted by Gasteiger charge is 2.18. The molecule has 2 aliphatic rings. The molecule has 1 aromatic rings. The van der Waals surface area contributed by atoms with Crippen molar-refractivity contribution >= 4 is 28.1 Å². The fourth-order valence-electron chi connectivity index (χ4n) is 2.05. The number of nitriles is 1. The van der Waals surface area contributed by atoms with Gasteiger partial charge in [-0.3, -0.25) is 0 Å². The molecule has 1 aromatic heterocycles. The zero-order valence-electron chi connectivity index (χ0n) is 9.69. The van der Waals surface area contributed by atoms with Crippen molar-refractivity contribution in [3.05, 3.63) is 33.2 Å². The van der Waals surface area contributed by atoms with Crippen LogP contribution in [0.4, 0.5) is 5.13 Å². The van der Waals surface area contributed by atoms with Crippen LogP contribution in [0.1, 0.15) is 6.42 Å². The second kappa shape index (κ2) is 3.57. The predicted molar refractivity (Wildman–Crippen MR) is 70.0 cm³/mol. The monoisotopic (exact) mass is 241 g/mol. The Hall–Kier alpha value is -1.86. The lowest BCUT2D eigenvalue weighted by Gasteiger charge is -2.08. The molecule has 0 fully saturated rings. The van der Waals surface area contributed by atoms with E-state index in [-0.39, 0.29) is 0 Å². The standard InChI is InChI=1S/C13H11N3S/c1-16(2)13-15-12-10-4-3-8(7-14)5-9(10)6-11(12)17-13/h3,5-6H,4H2,1-2H3. The number of hydrogen-bond acceptors (Lipinski definition) is 4. The third-order valence-corrected chi connectivity index (χ3v) is 4.08. The van der Waals surface area contributed by atoms with Gasteiger partial charge in [0, 0.05) is 19.7 Å². The SMILES string of the molecule is CN(C)c1nc2c(s1)=CC1=CC(C#N)=CCC=21. The molecule has 0 unspecified atom stereocenters. The molecule has 0 aromatic carbocycles. The number of fused-ring (bicyclic) bond motifs is 2. The van der Waals surface area contributed by atoms with Gasteiger partial charge < -0.3 is 4.90 Å². The first kappa shape index (κ1) is 10.3. The summed E-state index contributed by atoms with van der Waals surface area (Å²) in [7, 11) is 4.01. The second-order valence-corrected chi connectivity index (χ2v) is 5.31. The van der Waals surface area contributed by atoms with E-state index in [0.717, 1.165) is 28.0 Å². The van der Waals surface area contributed by atoms with Gasteiger partial charge in [0.25, 0.3) is 0 Å². The molecule has 1 heterocycles. The molecule has 3 nitrogen and oxygen atoms in total. The van der Waals surface area contributed by atoms with E-state index in [9.17, 15) is 0 Å². The van der Waals surface area contributed by atoms with E-state index in [1.165, 1.54) is 10.1 Å². The highest BCUT2D eigenvalue weighted by molar-refractivity contribution is 7.13. The minimum atomic E-state index is 0.753. The highest BCUT2D eigenvalue weighted by Crippen LogP contribution is 2.27. The normalized spacial score (nSPS) is 16.4. The lowest BCUT2D eigenvalue weighted by molar-refractivity contribution is 1.09. The fraction of sp³-hybridized carbons (Fsp3) is 0.231. The lowest BCUT2D eigenvalue weighted by atomic mass is 9.97. The van der Waals surface area contributed by atoms with Crippen molar-refractivity contribution in [3.8, 4) is 6.07 Å². The molecule has 4 heteroatoms. The molecule has 0 bridgehead atoms. The molecule has 0 saturated heterocycles. The molecular weight excluding hydrogens is 230 g/mol. The van der Waals surface area contributed by atoms with Crippen molar-refractivity contribution in [2.75, 3.05) is 19.0 Å². The van der Waals surface area contributed by atoms with Gasteiger partial charge >= 0.3 is 0 Å². The molecule has 0 radical (unpaired) electrons. The van der Waals surface area contributed by atoms with Crippen molar-refractivity contribution < 1.29 is 0 Å². The third-order valence-electron chi connectivity index (χ3n) is 2.91. The maximum absolute atomic E-state index is 8.89. The summed E-state index contributed by atoms with van der Waals surface area (Å²) in [6.07, 6.45) is 6.87. The van der Waals surface area contributed by atoms with Crippen molar-refractivity contribution in [3.63, 3.8) is 0 Å². The first-order valence-corrected chi connectivity index (χ1v) is 6.22. The fourth-order valence-corrected chi connectivity index (χ4v) is 3.02. The van der Waals surface area contributed by atoms with E-state index in [0.29, 0.717) is 0 Å². The molecule has 2 aliphatic carbocycles. The van der Waals surface area contributed by atoms with E-state index < -0.39 is 0 Å². The van der Waals surface area contributed by atoms with Gasteiger partial charge in [0.2, 0.25) is 0 Å². The number of allylic oxidation sites excluding steroid dienone is 4. The molecule has 0 N–H and O–H groups in total. The van der Waals surface area contributed by atoms with Crippen LogP contribution in [0.5, 0.6) is 0 Å². The number of hydrogen-bond donors (Lipinski definition) is 0. The quantitative estimate of drug-likeness (QED) is 0.734. The first-order valence-electron chi connectivity index (χ1n) is 5.40. The average molecular weight is 241 g/mol. The van der Waals surface area contributed by atoms with Gasteiger partial charge in [0.15, 0.2) is 5.13 Å². The summed E-state index contributed by atoms with van der Waals surface area (Å²) in [5.41, 5.74) is 3.16. The molecular formula is C13H11N3S. The number of aromatic nitrogens is 1. The Labute approximate surface area is 103 Å². The van der Waals surface area contributed by atoms with E-state index in [1.54, 1.807) is 11.3 Å². The van der Waals surface area contributed by atoms with Crippen LogP contribution in [0.25, 0.3) is 11.6 Å². The van der Waals surface area contributed by atoms with Crippen molar-refractivity contribution in [1.29, 1.82) is 5.26 Å². The van der Waals surface area contributed by atoms with E-state index >= 15 is 0 Å². The molecule has 84 valence electrons. The second-order valence-electron chi connectivity index (χ2n) is 4.30. The Balaban J connectivity index is 2.18. The van der Waals surface area contributed by atoms with Crippen LogP contribution in [-0.2, 0) is 0 Å². The average Bonchev–Trinajstić information content (AvgIpc) is 2.84. The van der Waals surface area contributed by atoms with Gasteiger partial charge in [0.1, 0.15) is 0 Å². The molecule has 0 amide bonds. The molecule has 3 rings (SSSR count). The van der Waals surface area contributed by atoms with Crippen LogP contribution in [0.3, 0.4) is 0 Å². The number of rotatable bonds is 1. The number of thiazole rings is 1. The van der Waals surface area contributed by atoms with Gasteiger partial charge in [0.05, 0.1) is 16.0 Å². The van der Waals surface area contributed by atoms with Gasteiger partial charge in [-0.05, 0) is 29.7 Å². The third kappa shape index (κ3) is 1.51. The van der Waals surface area contributed by atoms with Crippen LogP contribution in [0.15, 0.2) is 23.3 Å². The van der Waals surface area contributed by atoms with Gasteiger partial charge in [-0.25, -0.2) is 4.98 Å². The molecule has 0 spiro atoms. The maximum Gasteiger partial charge on any atom is 0.185 e.